The Labute approximate surface area is 129 Å². The molecule has 0 heterocycles. The smallest absolute Gasteiger partial charge is 0.161 e. The van der Waals surface area contributed by atoms with Gasteiger partial charge in [-0.2, -0.15) is 10.5 Å². The highest BCUT2D eigenvalue weighted by Gasteiger charge is 2.06. The minimum atomic E-state index is 0.476. The molecular formula is C18H14N2O2. The van der Waals surface area contributed by atoms with Crippen molar-refractivity contribution in [3.63, 3.8) is 0 Å². The Balaban J connectivity index is 2.45. The van der Waals surface area contributed by atoms with E-state index in [0.29, 0.717) is 28.2 Å². The largest absolute Gasteiger partial charge is 0.493 e. The molecule has 0 amide bonds. The summed E-state index contributed by atoms with van der Waals surface area (Å²) in [5.74, 6) is 1.23. The Hall–Kier alpha value is -3.24. The second-order valence-electron chi connectivity index (χ2n) is 4.48. The second kappa shape index (κ2) is 6.97. The Morgan fingerprint density at radius 1 is 1.00 bits per heavy atom. The van der Waals surface area contributed by atoms with E-state index in [9.17, 15) is 5.26 Å². The van der Waals surface area contributed by atoms with Gasteiger partial charge in [0.15, 0.2) is 11.5 Å². The highest BCUT2D eigenvalue weighted by Crippen LogP contribution is 2.29. The Morgan fingerprint density at radius 2 is 1.77 bits per heavy atom. The molecule has 4 nitrogen and oxygen atoms in total. The van der Waals surface area contributed by atoms with Crippen molar-refractivity contribution in [2.45, 2.75) is 0 Å². The van der Waals surface area contributed by atoms with Crippen LogP contribution in [0.5, 0.6) is 11.5 Å². The fraction of sp³-hybridized carbons (Fsp3) is 0.111. The van der Waals surface area contributed by atoms with E-state index in [-0.39, 0.29) is 0 Å². The standard InChI is InChI=1S/C18H14N2O2/c1-21-17-7-6-13(10-18(17)22-2)8-16(12-20)15-5-3-4-14(9-15)11-19/h3-10H,1-2H3. The van der Waals surface area contributed by atoms with E-state index in [0.717, 1.165) is 5.56 Å². The molecule has 2 aromatic rings. The lowest BCUT2D eigenvalue weighted by atomic mass is 10.0. The van der Waals surface area contributed by atoms with Crippen molar-refractivity contribution in [2.75, 3.05) is 14.2 Å². The van der Waals surface area contributed by atoms with Crippen LogP contribution in [0.3, 0.4) is 0 Å². The third-order valence-electron chi connectivity index (χ3n) is 3.14. The molecule has 0 fully saturated rings. The normalized spacial score (nSPS) is 10.5. The number of allylic oxidation sites excluding steroid dienone is 1. The summed E-state index contributed by atoms with van der Waals surface area (Å²) in [4.78, 5) is 0. The number of nitrogens with zero attached hydrogens (tertiary/aromatic N) is 2. The summed E-state index contributed by atoms with van der Waals surface area (Å²) in [6.45, 7) is 0. The number of hydrogen-bond acceptors (Lipinski definition) is 4. The molecule has 108 valence electrons. The van der Waals surface area contributed by atoms with Gasteiger partial charge in [0.1, 0.15) is 0 Å². The van der Waals surface area contributed by atoms with Crippen LogP contribution in [0.2, 0.25) is 0 Å². The minimum absolute atomic E-state index is 0.476. The van der Waals surface area contributed by atoms with Gasteiger partial charge in [-0.15, -0.1) is 0 Å². The first-order valence-corrected chi connectivity index (χ1v) is 6.56. The van der Waals surface area contributed by atoms with Crippen LogP contribution < -0.4 is 9.47 Å². The first kappa shape index (κ1) is 15.2. The first-order chi connectivity index (χ1) is 10.7. The van der Waals surface area contributed by atoms with Crippen LogP contribution in [0.1, 0.15) is 16.7 Å². The molecule has 0 aliphatic carbocycles. The zero-order chi connectivity index (χ0) is 15.9. The van der Waals surface area contributed by atoms with Gasteiger partial charge in [0.2, 0.25) is 0 Å². The molecule has 0 N–H and O–H groups in total. The van der Waals surface area contributed by atoms with Crippen LogP contribution in [-0.4, -0.2) is 14.2 Å². The van der Waals surface area contributed by atoms with Gasteiger partial charge in [-0.05, 0) is 41.5 Å². The monoisotopic (exact) mass is 290 g/mol. The van der Waals surface area contributed by atoms with E-state index in [1.54, 1.807) is 56.7 Å². The third kappa shape index (κ3) is 3.26. The minimum Gasteiger partial charge on any atom is -0.493 e. The van der Waals surface area contributed by atoms with Crippen LogP contribution in [0.25, 0.3) is 11.6 Å². The molecule has 4 heteroatoms. The maximum atomic E-state index is 9.37. The summed E-state index contributed by atoms with van der Waals surface area (Å²) in [6.07, 6.45) is 1.75. The van der Waals surface area contributed by atoms with E-state index in [1.807, 2.05) is 6.07 Å². The Bertz CT molecular complexity index is 795. The van der Waals surface area contributed by atoms with Gasteiger partial charge in [0.25, 0.3) is 0 Å². The Kier molecular flexibility index (Phi) is 4.80. The SMILES string of the molecule is COc1ccc(C=C(C#N)c2cccc(C#N)c2)cc1OC. The molecule has 0 unspecified atom stereocenters. The van der Waals surface area contributed by atoms with E-state index < -0.39 is 0 Å². The second-order valence-corrected chi connectivity index (χ2v) is 4.48. The lowest BCUT2D eigenvalue weighted by Crippen LogP contribution is -1.91. The van der Waals surface area contributed by atoms with Crippen LogP contribution in [-0.2, 0) is 0 Å². The van der Waals surface area contributed by atoms with E-state index in [4.69, 9.17) is 14.7 Å². The maximum absolute atomic E-state index is 9.37. The molecule has 0 aliphatic rings. The van der Waals surface area contributed by atoms with Gasteiger partial charge in [-0.1, -0.05) is 18.2 Å². The zero-order valence-corrected chi connectivity index (χ0v) is 12.3. The molecule has 0 bridgehead atoms. The molecule has 0 aliphatic heterocycles. The number of nitriles is 2. The van der Waals surface area contributed by atoms with E-state index in [1.165, 1.54) is 0 Å². The summed E-state index contributed by atoms with van der Waals surface area (Å²) in [5.41, 5.74) is 2.52. The number of methoxy groups -OCH3 is 2. The zero-order valence-electron chi connectivity index (χ0n) is 12.3. The first-order valence-electron chi connectivity index (χ1n) is 6.56. The average Bonchev–Trinajstić information content (AvgIpc) is 2.59. The van der Waals surface area contributed by atoms with Crippen LogP contribution in [0.15, 0.2) is 42.5 Å². The summed E-state index contributed by atoms with van der Waals surface area (Å²) in [7, 11) is 3.13. The number of benzene rings is 2. The van der Waals surface area contributed by atoms with Crippen LogP contribution in [0.4, 0.5) is 0 Å². The lowest BCUT2D eigenvalue weighted by Gasteiger charge is -2.08. The molecule has 0 radical (unpaired) electrons. The van der Waals surface area contributed by atoms with E-state index in [2.05, 4.69) is 12.1 Å². The molecule has 2 rings (SSSR count). The van der Waals surface area contributed by atoms with Crippen molar-refractivity contribution in [2.24, 2.45) is 0 Å². The summed E-state index contributed by atoms with van der Waals surface area (Å²) >= 11 is 0. The molecular weight excluding hydrogens is 276 g/mol. The highest BCUT2D eigenvalue weighted by molar-refractivity contribution is 5.90. The van der Waals surface area contributed by atoms with Gasteiger partial charge < -0.3 is 9.47 Å². The summed E-state index contributed by atoms with van der Waals surface area (Å²) < 4.78 is 10.4. The maximum Gasteiger partial charge on any atom is 0.161 e. The molecule has 0 aromatic heterocycles. The predicted octanol–water partition coefficient (Wildman–Crippen LogP) is 3.64. The van der Waals surface area contributed by atoms with Crippen LogP contribution >= 0.6 is 0 Å². The number of rotatable bonds is 4. The summed E-state index contributed by atoms with van der Waals surface area (Å²) in [6, 6.07) is 16.6. The fourth-order valence-electron chi connectivity index (χ4n) is 2.05. The van der Waals surface area contributed by atoms with Gasteiger partial charge in [-0.25, -0.2) is 0 Å². The highest BCUT2D eigenvalue weighted by atomic mass is 16.5. The predicted molar refractivity (Wildman–Crippen MR) is 84.2 cm³/mol. The molecule has 0 spiro atoms. The van der Waals surface area contributed by atoms with Crippen molar-refractivity contribution in [1.82, 2.24) is 0 Å². The van der Waals surface area contributed by atoms with Crippen LogP contribution in [0, 0.1) is 22.7 Å². The van der Waals surface area contributed by atoms with Crippen molar-refractivity contribution in [1.29, 1.82) is 10.5 Å². The van der Waals surface area contributed by atoms with Crippen molar-refractivity contribution < 1.29 is 9.47 Å². The van der Waals surface area contributed by atoms with Gasteiger partial charge in [0.05, 0.1) is 37.5 Å². The molecule has 2 aromatic carbocycles. The van der Waals surface area contributed by atoms with Crippen molar-refractivity contribution >= 4 is 11.6 Å². The quantitative estimate of drug-likeness (QED) is 0.637. The molecule has 0 atom stereocenters. The number of hydrogen-bond donors (Lipinski definition) is 0. The fourth-order valence-corrected chi connectivity index (χ4v) is 2.05. The average molecular weight is 290 g/mol. The van der Waals surface area contributed by atoms with Gasteiger partial charge in [0, 0.05) is 0 Å². The molecule has 0 saturated heterocycles. The lowest BCUT2D eigenvalue weighted by molar-refractivity contribution is 0.355. The third-order valence-corrected chi connectivity index (χ3v) is 3.14. The van der Waals surface area contributed by atoms with Crippen molar-refractivity contribution in [3.8, 4) is 23.6 Å². The van der Waals surface area contributed by atoms with E-state index >= 15 is 0 Å². The topological polar surface area (TPSA) is 66.0 Å². The summed E-state index contributed by atoms with van der Waals surface area (Å²) in [5, 5.41) is 18.3. The molecule has 0 saturated carbocycles. The van der Waals surface area contributed by atoms with Crippen molar-refractivity contribution in [3.05, 3.63) is 59.2 Å². The van der Waals surface area contributed by atoms with Gasteiger partial charge in [-0.3, -0.25) is 0 Å². The van der Waals surface area contributed by atoms with Gasteiger partial charge >= 0.3 is 0 Å². The Morgan fingerprint density at radius 3 is 2.41 bits per heavy atom. The molecule has 22 heavy (non-hydrogen) atoms. The number of ether oxygens (including phenoxy) is 2.